The van der Waals surface area contributed by atoms with Crippen molar-refractivity contribution < 1.29 is 9.59 Å². The number of pyridine rings is 1. The Labute approximate surface area is 148 Å². The number of benzene rings is 1. The first-order valence-corrected chi connectivity index (χ1v) is 8.51. The van der Waals surface area contributed by atoms with E-state index < -0.39 is 11.9 Å². The monoisotopic (exact) mass is 352 g/mol. The lowest BCUT2D eigenvalue weighted by molar-refractivity contribution is -0.127. The molecule has 3 N–H and O–H groups in total. The van der Waals surface area contributed by atoms with Gasteiger partial charge in [0.1, 0.15) is 11.0 Å². The predicted octanol–water partition coefficient (Wildman–Crippen LogP) is 2.09. The van der Waals surface area contributed by atoms with Crippen LogP contribution < -0.4 is 11.1 Å². The summed E-state index contributed by atoms with van der Waals surface area (Å²) >= 11 is 1.42. The van der Waals surface area contributed by atoms with Crippen molar-refractivity contribution in [1.29, 1.82) is 0 Å². The van der Waals surface area contributed by atoms with E-state index in [0.717, 1.165) is 10.7 Å². The summed E-state index contributed by atoms with van der Waals surface area (Å²) in [5, 5.41) is 5.22. The van der Waals surface area contributed by atoms with Crippen LogP contribution in [0.3, 0.4) is 0 Å². The molecule has 0 aliphatic rings. The Kier molecular flexibility index (Phi) is 5.15. The van der Waals surface area contributed by atoms with E-state index in [1.54, 1.807) is 30.5 Å². The van der Waals surface area contributed by atoms with Gasteiger partial charge in [-0.05, 0) is 17.7 Å². The van der Waals surface area contributed by atoms with Crippen LogP contribution in [0, 0.1) is 0 Å². The highest BCUT2D eigenvalue weighted by Gasteiger charge is 2.20. The van der Waals surface area contributed by atoms with Gasteiger partial charge in [0.05, 0.1) is 17.8 Å². The molecule has 7 heteroatoms. The van der Waals surface area contributed by atoms with Gasteiger partial charge in [0.25, 0.3) is 0 Å². The standard InChI is InChI=1S/C18H16N4O2S/c19-17(24)16(12-6-2-1-3-7-12)22-15(23)10-13-11-25-18(21-13)14-8-4-5-9-20-14/h1-9,11,16H,10H2,(H2,19,24)(H,22,23)/t16-/m1/s1. The molecule has 3 aromatic rings. The number of amides is 2. The molecule has 25 heavy (non-hydrogen) atoms. The molecule has 0 bridgehead atoms. The van der Waals surface area contributed by atoms with Gasteiger partial charge in [-0.25, -0.2) is 4.98 Å². The normalized spacial score (nSPS) is 11.7. The van der Waals surface area contributed by atoms with E-state index in [2.05, 4.69) is 15.3 Å². The quantitative estimate of drug-likeness (QED) is 0.710. The Morgan fingerprint density at radius 1 is 1.12 bits per heavy atom. The Balaban J connectivity index is 1.68. The van der Waals surface area contributed by atoms with Crippen molar-refractivity contribution in [2.24, 2.45) is 5.73 Å². The molecule has 3 rings (SSSR count). The molecule has 1 aromatic carbocycles. The number of aromatic nitrogens is 2. The number of hydrogen-bond acceptors (Lipinski definition) is 5. The van der Waals surface area contributed by atoms with Crippen molar-refractivity contribution in [3.05, 3.63) is 71.4 Å². The Morgan fingerprint density at radius 2 is 1.88 bits per heavy atom. The molecular weight excluding hydrogens is 336 g/mol. The fourth-order valence-electron chi connectivity index (χ4n) is 2.34. The SMILES string of the molecule is NC(=O)[C@H](NC(=O)Cc1csc(-c2ccccn2)n1)c1ccccc1. The van der Waals surface area contributed by atoms with Crippen LogP contribution in [-0.4, -0.2) is 21.8 Å². The Morgan fingerprint density at radius 3 is 2.56 bits per heavy atom. The van der Waals surface area contributed by atoms with Gasteiger partial charge < -0.3 is 11.1 Å². The molecule has 1 atom stereocenters. The Bertz CT molecular complexity index is 865. The van der Waals surface area contributed by atoms with Gasteiger partial charge in [-0.15, -0.1) is 11.3 Å². The average Bonchev–Trinajstić information content (AvgIpc) is 3.09. The summed E-state index contributed by atoms with van der Waals surface area (Å²) < 4.78 is 0. The number of nitrogens with two attached hydrogens (primary N) is 1. The van der Waals surface area contributed by atoms with Gasteiger partial charge in [0.15, 0.2) is 0 Å². The number of nitrogens with zero attached hydrogens (tertiary/aromatic N) is 2. The summed E-state index contributed by atoms with van der Waals surface area (Å²) in [7, 11) is 0. The fourth-order valence-corrected chi connectivity index (χ4v) is 3.13. The molecule has 0 aliphatic carbocycles. The number of primary amides is 1. The van der Waals surface area contributed by atoms with E-state index >= 15 is 0 Å². The lowest BCUT2D eigenvalue weighted by atomic mass is 10.1. The first kappa shape index (κ1) is 16.8. The van der Waals surface area contributed by atoms with Crippen LogP contribution in [0.25, 0.3) is 10.7 Å². The highest BCUT2D eigenvalue weighted by atomic mass is 32.1. The molecule has 2 heterocycles. The van der Waals surface area contributed by atoms with E-state index in [4.69, 9.17) is 5.73 Å². The number of carbonyl (C=O) groups excluding carboxylic acids is 2. The van der Waals surface area contributed by atoms with Crippen molar-refractivity contribution in [2.45, 2.75) is 12.5 Å². The average molecular weight is 352 g/mol. The van der Waals surface area contributed by atoms with Gasteiger partial charge in [0, 0.05) is 11.6 Å². The highest BCUT2D eigenvalue weighted by molar-refractivity contribution is 7.13. The molecule has 0 radical (unpaired) electrons. The van der Waals surface area contributed by atoms with Crippen LogP contribution in [0.4, 0.5) is 0 Å². The molecule has 0 aliphatic heterocycles. The number of thiazole rings is 1. The number of nitrogens with one attached hydrogen (secondary N) is 1. The second-order valence-corrected chi connectivity index (χ2v) is 6.21. The molecule has 0 saturated carbocycles. The smallest absolute Gasteiger partial charge is 0.244 e. The van der Waals surface area contributed by atoms with Crippen LogP contribution in [0.1, 0.15) is 17.3 Å². The maximum Gasteiger partial charge on any atom is 0.244 e. The summed E-state index contributed by atoms with van der Waals surface area (Å²) in [6, 6.07) is 13.6. The topological polar surface area (TPSA) is 98.0 Å². The van der Waals surface area contributed by atoms with Crippen LogP contribution in [0.15, 0.2) is 60.1 Å². The van der Waals surface area contributed by atoms with Gasteiger partial charge in [-0.2, -0.15) is 0 Å². The largest absolute Gasteiger partial charge is 0.368 e. The van der Waals surface area contributed by atoms with Crippen LogP contribution in [-0.2, 0) is 16.0 Å². The van der Waals surface area contributed by atoms with Crippen molar-refractivity contribution in [3.8, 4) is 10.7 Å². The first-order valence-electron chi connectivity index (χ1n) is 7.63. The van der Waals surface area contributed by atoms with Crippen molar-refractivity contribution in [3.63, 3.8) is 0 Å². The van der Waals surface area contributed by atoms with Gasteiger partial charge >= 0.3 is 0 Å². The van der Waals surface area contributed by atoms with Gasteiger partial charge in [0.2, 0.25) is 11.8 Å². The predicted molar refractivity (Wildman–Crippen MR) is 95.6 cm³/mol. The maximum atomic E-state index is 12.3. The molecule has 126 valence electrons. The van der Waals surface area contributed by atoms with E-state index in [1.165, 1.54) is 11.3 Å². The van der Waals surface area contributed by atoms with E-state index in [0.29, 0.717) is 11.3 Å². The van der Waals surface area contributed by atoms with Crippen LogP contribution in [0.2, 0.25) is 0 Å². The zero-order valence-electron chi connectivity index (χ0n) is 13.3. The maximum absolute atomic E-state index is 12.3. The summed E-state index contributed by atoms with van der Waals surface area (Å²) in [4.78, 5) is 32.6. The Hall–Kier alpha value is -3.06. The third kappa shape index (κ3) is 4.27. The lowest BCUT2D eigenvalue weighted by Crippen LogP contribution is -2.38. The number of carbonyl (C=O) groups is 2. The molecule has 2 aromatic heterocycles. The molecule has 2 amide bonds. The van der Waals surface area contributed by atoms with Crippen molar-refractivity contribution >= 4 is 23.2 Å². The van der Waals surface area contributed by atoms with E-state index in [9.17, 15) is 9.59 Å². The molecule has 0 unspecified atom stereocenters. The van der Waals surface area contributed by atoms with Gasteiger partial charge in [-0.3, -0.25) is 14.6 Å². The molecule has 0 spiro atoms. The second-order valence-electron chi connectivity index (χ2n) is 5.35. The van der Waals surface area contributed by atoms with Crippen molar-refractivity contribution in [1.82, 2.24) is 15.3 Å². The molecule has 0 saturated heterocycles. The molecule has 0 fully saturated rings. The third-order valence-electron chi connectivity index (χ3n) is 3.50. The summed E-state index contributed by atoms with van der Waals surface area (Å²) in [5.74, 6) is -0.919. The fraction of sp³-hybridized carbons (Fsp3) is 0.111. The minimum Gasteiger partial charge on any atom is -0.368 e. The number of hydrogen-bond donors (Lipinski definition) is 2. The van der Waals surface area contributed by atoms with Crippen LogP contribution in [0.5, 0.6) is 0 Å². The number of rotatable bonds is 6. The van der Waals surface area contributed by atoms with E-state index in [-0.39, 0.29) is 12.3 Å². The van der Waals surface area contributed by atoms with E-state index in [1.807, 2.05) is 29.6 Å². The lowest BCUT2D eigenvalue weighted by Gasteiger charge is -2.15. The first-order chi connectivity index (χ1) is 12.1. The van der Waals surface area contributed by atoms with Crippen molar-refractivity contribution in [2.75, 3.05) is 0 Å². The second kappa shape index (κ2) is 7.67. The third-order valence-corrected chi connectivity index (χ3v) is 4.41. The molecule has 6 nitrogen and oxygen atoms in total. The summed E-state index contributed by atoms with van der Waals surface area (Å²) in [6.07, 6.45) is 1.76. The molecular formula is C18H16N4O2S. The minimum atomic E-state index is -0.859. The zero-order valence-corrected chi connectivity index (χ0v) is 14.1. The van der Waals surface area contributed by atoms with Gasteiger partial charge in [-0.1, -0.05) is 36.4 Å². The summed E-state index contributed by atoms with van der Waals surface area (Å²) in [5.41, 5.74) is 7.45. The summed E-state index contributed by atoms with van der Waals surface area (Å²) in [6.45, 7) is 0. The highest BCUT2D eigenvalue weighted by Crippen LogP contribution is 2.21. The van der Waals surface area contributed by atoms with Crippen LogP contribution >= 0.6 is 11.3 Å². The minimum absolute atomic E-state index is 0.0694. The zero-order chi connectivity index (χ0) is 17.6.